The van der Waals surface area contributed by atoms with Crippen LogP contribution in [0, 0.1) is 3.57 Å². The Morgan fingerprint density at radius 3 is 2.59 bits per heavy atom. The molecule has 0 spiro atoms. The van der Waals surface area contributed by atoms with Crippen LogP contribution in [0.5, 0.6) is 11.5 Å². The molecular weight excluding hydrogens is 517 g/mol. The minimum Gasteiger partial charge on any atom is -0.493 e. The normalized spacial score (nSPS) is 15.2. The van der Waals surface area contributed by atoms with Gasteiger partial charge in [-0.15, -0.1) is 0 Å². The van der Waals surface area contributed by atoms with E-state index in [0.29, 0.717) is 20.9 Å². The molecule has 156 valence electrons. The molecule has 0 saturated carbocycles. The molecule has 1 aliphatic rings. The van der Waals surface area contributed by atoms with E-state index < -0.39 is 36.2 Å². The lowest BCUT2D eigenvalue weighted by Gasteiger charge is -2.13. The third-order valence-corrected chi connectivity index (χ3v) is 5.13. The van der Waals surface area contributed by atoms with Gasteiger partial charge >= 0.3 is 11.9 Å². The van der Waals surface area contributed by atoms with Crippen LogP contribution in [0.4, 0.5) is 4.79 Å². The van der Waals surface area contributed by atoms with E-state index in [1.165, 1.54) is 13.2 Å². The van der Waals surface area contributed by atoms with Crippen LogP contribution in [0.3, 0.4) is 0 Å². The van der Waals surface area contributed by atoms with E-state index in [1.54, 1.807) is 26.0 Å². The number of hydrogen-bond acceptors (Lipinski definition) is 8. The quantitative estimate of drug-likeness (QED) is 0.305. The minimum absolute atomic E-state index is 0.143. The zero-order chi connectivity index (χ0) is 21.7. The maximum absolute atomic E-state index is 12.5. The fraction of sp³-hybridized carbons (Fsp3) is 0.333. The number of hydrogen-bond donors (Lipinski definition) is 1. The number of benzene rings is 1. The number of rotatable bonds is 8. The molecule has 1 N–H and O–H groups in total. The number of amides is 2. The summed E-state index contributed by atoms with van der Waals surface area (Å²) in [6.07, 6.45) is 1.14. The summed E-state index contributed by atoms with van der Waals surface area (Å²) in [7, 11) is 1.40. The first kappa shape index (κ1) is 23.0. The van der Waals surface area contributed by atoms with Gasteiger partial charge in [0.1, 0.15) is 6.54 Å². The van der Waals surface area contributed by atoms with E-state index in [4.69, 9.17) is 19.3 Å². The number of esters is 1. The number of ether oxygens (including phenoxy) is 3. The highest BCUT2D eigenvalue weighted by Crippen LogP contribution is 2.37. The molecule has 29 heavy (non-hydrogen) atoms. The number of nitrogens with zero attached hydrogens (tertiary/aromatic N) is 1. The van der Waals surface area contributed by atoms with Gasteiger partial charge in [0.2, 0.25) is 0 Å². The van der Waals surface area contributed by atoms with Crippen molar-refractivity contribution in [2.75, 3.05) is 20.3 Å². The van der Waals surface area contributed by atoms with Crippen LogP contribution in [0.2, 0.25) is 0 Å². The number of aliphatic carboxylic acids is 1. The Morgan fingerprint density at radius 1 is 1.31 bits per heavy atom. The summed E-state index contributed by atoms with van der Waals surface area (Å²) in [5.41, 5.74) is 0.546. The third kappa shape index (κ3) is 6.10. The number of halogens is 1. The van der Waals surface area contributed by atoms with Crippen LogP contribution in [0.15, 0.2) is 17.0 Å². The number of carbonyl (C=O) groups is 4. The Morgan fingerprint density at radius 2 is 2.00 bits per heavy atom. The fourth-order valence-corrected chi connectivity index (χ4v) is 3.93. The van der Waals surface area contributed by atoms with Gasteiger partial charge in [0.25, 0.3) is 11.1 Å². The average molecular weight is 535 g/mol. The summed E-state index contributed by atoms with van der Waals surface area (Å²) in [6, 6.07) is 3.21. The van der Waals surface area contributed by atoms with Crippen LogP contribution in [-0.4, -0.2) is 59.5 Å². The largest absolute Gasteiger partial charge is 0.493 e. The van der Waals surface area contributed by atoms with Crippen molar-refractivity contribution in [2.45, 2.75) is 20.0 Å². The maximum atomic E-state index is 12.5. The van der Waals surface area contributed by atoms with E-state index in [2.05, 4.69) is 0 Å². The van der Waals surface area contributed by atoms with Gasteiger partial charge in [0, 0.05) is 0 Å². The van der Waals surface area contributed by atoms with Crippen LogP contribution >= 0.6 is 34.4 Å². The van der Waals surface area contributed by atoms with Crippen molar-refractivity contribution < 1.29 is 38.5 Å². The standard InChI is InChI=1S/C18H18INO8S/c1-9(2)28-15(23)7-20-17(24)13(29-18(20)25)6-10-4-11(19)16(12(5-10)26-3)27-8-14(21)22/h4-6,9H,7-8H2,1-3H3,(H,21,22)/b13-6+. The summed E-state index contributed by atoms with van der Waals surface area (Å²) >= 11 is 2.67. The second-order valence-electron chi connectivity index (χ2n) is 6.02. The predicted octanol–water partition coefficient (Wildman–Crippen LogP) is 2.75. The molecule has 2 amide bonds. The van der Waals surface area contributed by atoms with Gasteiger partial charge in [0.15, 0.2) is 18.1 Å². The first-order valence-corrected chi connectivity index (χ1v) is 10.2. The second-order valence-corrected chi connectivity index (χ2v) is 8.18. The number of imide groups is 1. The van der Waals surface area contributed by atoms with Crippen LogP contribution in [0.1, 0.15) is 19.4 Å². The minimum atomic E-state index is -1.13. The molecular formula is C18H18INO8S. The molecule has 1 aromatic rings. The van der Waals surface area contributed by atoms with Gasteiger partial charge in [-0.25, -0.2) is 4.79 Å². The van der Waals surface area contributed by atoms with Gasteiger partial charge in [-0.05, 0) is 72.0 Å². The molecule has 9 nitrogen and oxygen atoms in total. The highest BCUT2D eigenvalue weighted by Gasteiger charge is 2.36. The second kappa shape index (κ2) is 9.96. The van der Waals surface area contributed by atoms with Crippen LogP contribution in [0.25, 0.3) is 6.08 Å². The van der Waals surface area contributed by atoms with Crippen LogP contribution in [-0.2, 0) is 19.1 Å². The molecule has 0 unspecified atom stereocenters. The summed E-state index contributed by atoms with van der Waals surface area (Å²) in [6.45, 7) is 2.36. The third-order valence-electron chi connectivity index (χ3n) is 3.42. The Bertz CT molecular complexity index is 883. The molecule has 11 heteroatoms. The molecule has 1 aromatic carbocycles. The highest BCUT2D eigenvalue weighted by atomic mass is 127. The van der Waals surface area contributed by atoms with Crippen molar-refractivity contribution in [1.82, 2.24) is 4.90 Å². The van der Waals surface area contributed by atoms with Crippen molar-refractivity contribution in [1.29, 1.82) is 0 Å². The SMILES string of the molecule is COc1cc(/C=C2/SC(=O)N(CC(=O)OC(C)C)C2=O)cc(I)c1OCC(=O)O. The molecule has 1 heterocycles. The molecule has 0 radical (unpaired) electrons. The smallest absolute Gasteiger partial charge is 0.341 e. The average Bonchev–Trinajstić information content (AvgIpc) is 2.87. The van der Waals surface area contributed by atoms with E-state index in [0.717, 1.165) is 4.90 Å². The zero-order valence-electron chi connectivity index (χ0n) is 15.8. The Balaban J connectivity index is 2.24. The van der Waals surface area contributed by atoms with Crippen molar-refractivity contribution >= 4 is 63.5 Å². The summed E-state index contributed by atoms with van der Waals surface area (Å²) in [5.74, 6) is -1.85. The first-order valence-electron chi connectivity index (χ1n) is 8.29. The zero-order valence-corrected chi connectivity index (χ0v) is 18.7. The molecule has 0 aliphatic carbocycles. The summed E-state index contributed by atoms with van der Waals surface area (Å²) < 4.78 is 16.0. The lowest BCUT2D eigenvalue weighted by Crippen LogP contribution is -2.35. The van der Waals surface area contributed by atoms with Crippen LogP contribution < -0.4 is 9.47 Å². The Kier molecular flexibility index (Phi) is 7.90. The number of carboxylic acid groups (broad SMARTS) is 1. The van der Waals surface area contributed by atoms with Crippen molar-refractivity contribution in [2.24, 2.45) is 0 Å². The molecule has 0 atom stereocenters. The molecule has 2 rings (SSSR count). The molecule has 0 aromatic heterocycles. The van der Waals surface area contributed by atoms with Gasteiger partial charge in [0.05, 0.1) is 21.7 Å². The monoisotopic (exact) mass is 535 g/mol. The Labute approximate surface area is 184 Å². The maximum Gasteiger partial charge on any atom is 0.341 e. The van der Waals surface area contributed by atoms with Crippen molar-refractivity contribution in [3.8, 4) is 11.5 Å². The number of thioether (sulfide) groups is 1. The summed E-state index contributed by atoms with van der Waals surface area (Å²) in [5, 5.41) is 8.21. The van der Waals surface area contributed by atoms with E-state index >= 15 is 0 Å². The van der Waals surface area contributed by atoms with E-state index in [9.17, 15) is 19.2 Å². The van der Waals surface area contributed by atoms with E-state index in [-0.39, 0.29) is 22.5 Å². The molecule has 0 bridgehead atoms. The fourth-order valence-electron chi connectivity index (χ4n) is 2.31. The molecule has 1 aliphatic heterocycles. The number of carboxylic acids is 1. The topological polar surface area (TPSA) is 119 Å². The van der Waals surface area contributed by atoms with Gasteiger partial charge in [-0.1, -0.05) is 0 Å². The number of methoxy groups -OCH3 is 1. The highest BCUT2D eigenvalue weighted by molar-refractivity contribution is 14.1. The Hall–Kier alpha value is -2.28. The van der Waals surface area contributed by atoms with Crippen molar-refractivity contribution in [3.63, 3.8) is 0 Å². The first-order chi connectivity index (χ1) is 13.6. The number of carbonyl (C=O) groups excluding carboxylic acids is 3. The predicted molar refractivity (Wildman–Crippen MR) is 113 cm³/mol. The lowest BCUT2D eigenvalue weighted by atomic mass is 10.2. The van der Waals surface area contributed by atoms with Gasteiger partial charge in [-0.2, -0.15) is 0 Å². The molecule has 1 saturated heterocycles. The lowest BCUT2D eigenvalue weighted by molar-refractivity contribution is -0.149. The summed E-state index contributed by atoms with van der Waals surface area (Å²) in [4.78, 5) is 48.1. The molecule has 1 fully saturated rings. The van der Waals surface area contributed by atoms with Gasteiger partial charge < -0.3 is 19.3 Å². The van der Waals surface area contributed by atoms with E-state index in [1.807, 2.05) is 22.6 Å². The van der Waals surface area contributed by atoms with Gasteiger partial charge in [-0.3, -0.25) is 19.3 Å². The van der Waals surface area contributed by atoms with Crippen molar-refractivity contribution in [3.05, 3.63) is 26.2 Å².